The fourth-order valence-electron chi connectivity index (χ4n) is 1.11. The molecule has 0 aliphatic carbocycles. The first kappa shape index (κ1) is 11.1. The van der Waals surface area contributed by atoms with Gasteiger partial charge in [-0.3, -0.25) is 0 Å². The van der Waals surface area contributed by atoms with E-state index in [1.165, 1.54) is 0 Å². The first-order valence-electron chi connectivity index (χ1n) is 4.27. The molecule has 1 rings (SSSR count). The first-order chi connectivity index (χ1) is 6.38. The lowest BCUT2D eigenvalue weighted by Gasteiger charge is -2.10. The number of rotatable bonds is 3. The summed E-state index contributed by atoms with van der Waals surface area (Å²) in [6, 6.07) is 2.62. The monoisotopic (exact) mass is 207 g/mol. The number of furan rings is 1. The lowest BCUT2D eigenvalue weighted by molar-refractivity contribution is -0.136. The molecule has 80 valence electrons. The predicted octanol–water partition coefficient (Wildman–Crippen LogP) is 2.93. The smallest absolute Gasteiger partial charge is 0.389 e. The molecule has 5 heteroatoms. The lowest BCUT2D eigenvalue weighted by Crippen LogP contribution is -2.15. The van der Waals surface area contributed by atoms with Crippen LogP contribution in [-0.4, -0.2) is 6.18 Å². The Morgan fingerprint density at radius 2 is 2.07 bits per heavy atom. The summed E-state index contributed by atoms with van der Waals surface area (Å²) in [7, 11) is 0. The van der Waals surface area contributed by atoms with Crippen molar-refractivity contribution in [3.05, 3.63) is 23.7 Å². The second-order valence-electron chi connectivity index (χ2n) is 3.21. The van der Waals surface area contributed by atoms with Crippen molar-refractivity contribution in [2.75, 3.05) is 0 Å². The highest BCUT2D eigenvalue weighted by Gasteiger charge is 2.28. The highest BCUT2D eigenvalue weighted by atomic mass is 19.4. The summed E-state index contributed by atoms with van der Waals surface area (Å²) in [6.07, 6.45) is -5.18. The Morgan fingerprint density at radius 1 is 1.43 bits per heavy atom. The van der Waals surface area contributed by atoms with Crippen LogP contribution in [0.4, 0.5) is 13.2 Å². The van der Waals surface area contributed by atoms with Crippen LogP contribution in [0.1, 0.15) is 30.4 Å². The fourth-order valence-corrected chi connectivity index (χ4v) is 1.11. The van der Waals surface area contributed by atoms with Crippen LogP contribution in [0.3, 0.4) is 0 Å². The van der Waals surface area contributed by atoms with Crippen LogP contribution >= 0.6 is 0 Å². The zero-order valence-electron chi connectivity index (χ0n) is 7.77. The van der Waals surface area contributed by atoms with Crippen molar-refractivity contribution in [3.63, 3.8) is 0 Å². The molecule has 0 spiro atoms. The third-order valence-corrected chi connectivity index (χ3v) is 1.87. The molecule has 14 heavy (non-hydrogen) atoms. The quantitative estimate of drug-likeness (QED) is 0.827. The summed E-state index contributed by atoms with van der Waals surface area (Å²) in [5.74, 6) is 1.06. The van der Waals surface area contributed by atoms with E-state index in [9.17, 15) is 13.2 Å². The van der Waals surface area contributed by atoms with Gasteiger partial charge in [0.05, 0.1) is 6.04 Å². The van der Waals surface area contributed by atoms with Crippen LogP contribution in [-0.2, 0) is 0 Å². The van der Waals surface area contributed by atoms with Crippen LogP contribution in [0.15, 0.2) is 16.5 Å². The molecule has 0 radical (unpaired) electrons. The second-order valence-corrected chi connectivity index (χ2v) is 3.21. The molecule has 0 bridgehead atoms. The molecule has 0 saturated carbocycles. The van der Waals surface area contributed by atoms with E-state index in [0.717, 1.165) is 0 Å². The second kappa shape index (κ2) is 4.04. The van der Waals surface area contributed by atoms with Crippen molar-refractivity contribution >= 4 is 0 Å². The van der Waals surface area contributed by atoms with E-state index in [4.69, 9.17) is 10.2 Å². The van der Waals surface area contributed by atoms with Gasteiger partial charge < -0.3 is 10.2 Å². The zero-order valence-corrected chi connectivity index (χ0v) is 7.77. The molecule has 0 aromatic carbocycles. The molecule has 1 aromatic rings. The Balaban J connectivity index is 2.47. The Kier molecular flexibility index (Phi) is 3.21. The maximum Gasteiger partial charge on any atom is 0.389 e. The molecule has 1 heterocycles. The van der Waals surface area contributed by atoms with Crippen LogP contribution in [0.5, 0.6) is 0 Å². The largest absolute Gasteiger partial charge is 0.465 e. The standard InChI is InChI=1S/C9H12F3NO/c1-6-2-3-8(14-6)7(13)4-5-9(10,11)12/h2-3,7H,4-5,13H2,1H3/t7-/m1/s1. The summed E-state index contributed by atoms with van der Waals surface area (Å²) >= 11 is 0. The molecular formula is C9H12F3NO. The molecule has 0 aliphatic heterocycles. The Hall–Kier alpha value is -0.970. The SMILES string of the molecule is Cc1ccc([C@H](N)CCC(F)(F)F)o1. The third-order valence-electron chi connectivity index (χ3n) is 1.87. The Bertz CT molecular complexity index is 292. The van der Waals surface area contributed by atoms with Crippen molar-refractivity contribution in [2.24, 2.45) is 5.73 Å². The minimum atomic E-state index is -4.15. The number of nitrogens with two attached hydrogens (primary N) is 1. The first-order valence-corrected chi connectivity index (χ1v) is 4.27. The van der Waals surface area contributed by atoms with E-state index < -0.39 is 18.6 Å². The van der Waals surface area contributed by atoms with Gasteiger partial charge in [-0.25, -0.2) is 0 Å². The number of hydrogen-bond acceptors (Lipinski definition) is 2. The van der Waals surface area contributed by atoms with Gasteiger partial charge in [-0.1, -0.05) is 0 Å². The number of hydrogen-bond donors (Lipinski definition) is 1. The van der Waals surface area contributed by atoms with Gasteiger partial charge in [0.25, 0.3) is 0 Å². The summed E-state index contributed by atoms with van der Waals surface area (Å²) in [5.41, 5.74) is 5.52. The molecule has 2 N–H and O–H groups in total. The minimum Gasteiger partial charge on any atom is -0.465 e. The summed E-state index contributed by atoms with van der Waals surface area (Å²) in [6.45, 7) is 1.72. The molecule has 0 amide bonds. The van der Waals surface area contributed by atoms with Gasteiger partial charge >= 0.3 is 6.18 Å². The zero-order chi connectivity index (χ0) is 10.8. The molecule has 0 aliphatic rings. The van der Waals surface area contributed by atoms with Crippen molar-refractivity contribution in [1.82, 2.24) is 0 Å². The van der Waals surface area contributed by atoms with Gasteiger partial charge in [-0.2, -0.15) is 13.2 Å². The van der Waals surface area contributed by atoms with E-state index in [0.29, 0.717) is 11.5 Å². The van der Waals surface area contributed by atoms with E-state index in [1.807, 2.05) is 0 Å². The van der Waals surface area contributed by atoms with Crippen molar-refractivity contribution in [1.29, 1.82) is 0 Å². The van der Waals surface area contributed by atoms with Gasteiger partial charge in [0, 0.05) is 6.42 Å². The maximum absolute atomic E-state index is 11.9. The molecule has 1 atom stereocenters. The highest BCUT2D eigenvalue weighted by Crippen LogP contribution is 2.26. The van der Waals surface area contributed by atoms with Crippen LogP contribution < -0.4 is 5.73 Å². The van der Waals surface area contributed by atoms with Gasteiger partial charge in [0.2, 0.25) is 0 Å². The Morgan fingerprint density at radius 3 is 2.50 bits per heavy atom. The van der Waals surface area contributed by atoms with Crippen molar-refractivity contribution in [2.45, 2.75) is 32.0 Å². The summed E-state index contributed by atoms with van der Waals surface area (Å²) in [5, 5.41) is 0. The highest BCUT2D eigenvalue weighted by molar-refractivity contribution is 5.08. The normalized spacial score (nSPS) is 14.4. The average Bonchev–Trinajstić information content (AvgIpc) is 2.46. The van der Waals surface area contributed by atoms with E-state index >= 15 is 0 Å². The molecule has 0 unspecified atom stereocenters. The van der Waals surface area contributed by atoms with Crippen LogP contribution in [0.2, 0.25) is 0 Å². The van der Waals surface area contributed by atoms with Gasteiger partial charge in [0.1, 0.15) is 11.5 Å². The number of aryl methyl sites for hydroxylation is 1. The van der Waals surface area contributed by atoms with E-state index in [2.05, 4.69) is 0 Å². The number of halogens is 3. The van der Waals surface area contributed by atoms with E-state index in [1.54, 1.807) is 19.1 Å². The fraction of sp³-hybridized carbons (Fsp3) is 0.556. The molecular weight excluding hydrogens is 195 g/mol. The molecule has 0 saturated heterocycles. The minimum absolute atomic E-state index is 0.142. The summed E-state index contributed by atoms with van der Waals surface area (Å²) in [4.78, 5) is 0. The van der Waals surface area contributed by atoms with Gasteiger partial charge in [-0.15, -0.1) is 0 Å². The van der Waals surface area contributed by atoms with E-state index in [-0.39, 0.29) is 6.42 Å². The molecule has 1 aromatic heterocycles. The lowest BCUT2D eigenvalue weighted by atomic mass is 10.1. The van der Waals surface area contributed by atoms with Crippen molar-refractivity contribution < 1.29 is 17.6 Å². The van der Waals surface area contributed by atoms with Gasteiger partial charge in [-0.05, 0) is 25.5 Å². The topological polar surface area (TPSA) is 39.2 Å². The Labute approximate surface area is 79.9 Å². The molecule has 0 fully saturated rings. The summed E-state index contributed by atoms with van der Waals surface area (Å²) < 4.78 is 40.7. The van der Waals surface area contributed by atoms with Gasteiger partial charge in [0.15, 0.2) is 0 Å². The van der Waals surface area contributed by atoms with Crippen LogP contribution in [0, 0.1) is 6.92 Å². The number of alkyl halides is 3. The third kappa shape index (κ3) is 3.41. The average molecular weight is 207 g/mol. The van der Waals surface area contributed by atoms with Crippen LogP contribution in [0.25, 0.3) is 0 Å². The molecule has 2 nitrogen and oxygen atoms in total. The predicted molar refractivity (Wildman–Crippen MR) is 45.7 cm³/mol. The van der Waals surface area contributed by atoms with Crippen molar-refractivity contribution in [3.8, 4) is 0 Å². The maximum atomic E-state index is 11.9.